The Bertz CT molecular complexity index is 809. The minimum absolute atomic E-state index is 0.204. The van der Waals surface area contributed by atoms with Crippen LogP contribution in [0.2, 0.25) is 0 Å². The van der Waals surface area contributed by atoms with E-state index < -0.39 is 21.7 Å². The molecule has 0 aliphatic carbocycles. The fourth-order valence-electron chi connectivity index (χ4n) is 1.86. The molecule has 0 fully saturated rings. The number of methoxy groups -OCH3 is 1. The topological polar surface area (TPSA) is 64.6 Å². The van der Waals surface area contributed by atoms with Crippen LogP contribution in [0.3, 0.4) is 0 Å². The molecule has 2 aromatic rings. The molecule has 0 heterocycles. The molecule has 5 nitrogen and oxygen atoms in total. The van der Waals surface area contributed by atoms with Gasteiger partial charge in [0.25, 0.3) is 10.0 Å². The van der Waals surface area contributed by atoms with Crippen molar-refractivity contribution in [3.05, 3.63) is 48.0 Å². The Morgan fingerprint density at radius 3 is 2.39 bits per heavy atom. The SMILES string of the molecule is CCOc1ccc(NS(=O)(=O)c2ccc(F)c(F)c2)cc1OC. The first kappa shape index (κ1) is 17.0. The van der Waals surface area contributed by atoms with E-state index in [0.717, 1.165) is 12.1 Å². The number of sulfonamides is 1. The van der Waals surface area contributed by atoms with E-state index in [2.05, 4.69) is 4.72 Å². The van der Waals surface area contributed by atoms with Crippen LogP contribution in [0.1, 0.15) is 6.92 Å². The summed E-state index contributed by atoms with van der Waals surface area (Å²) >= 11 is 0. The van der Waals surface area contributed by atoms with E-state index in [1.165, 1.54) is 19.2 Å². The van der Waals surface area contributed by atoms with Gasteiger partial charge in [-0.15, -0.1) is 0 Å². The molecular weight excluding hydrogens is 328 g/mol. The molecule has 2 aromatic carbocycles. The third-order valence-electron chi connectivity index (χ3n) is 2.92. The smallest absolute Gasteiger partial charge is 0.262 e. The summed E-state index contributed by atoms with van der Waals surface area (Å²) in [5, 5.41) is 0. The molecule has 0 aliphatic rings. The molecule has 8 heteroatoms. The molecule has 124 valence electrons. The van der Waals surface area contributed by atoms with Crippen molar-refractivity contribution in [2.75, 3.05) is 18.4 Å². The predicted octanol–water partition coefficient (Wildman–Crippen LogP) is 3.17. The molecule has 23 heavy (non-hydrogen) atoms. The maximum absolute atomic E-state index is 13.2. The van der Waals surface area contributed by atoms with Crippen molar-refractivity contribution in [2.24, 2.45) is 0 Å². The maximum Gasteiger partial charge on any atom is 0.262 e. The summed E-state index contributed by atoms with van der Waals surface area (Å²) in [6.07, 6.45) is 0. The highest BCUT2D eigenvalue weighted by Gasteiger charge is 2.17. The quantitative estimate of drug-likeness (QED) is 0.875. The zero-order chi connectivity index (χ0) is 17.0. The molecule has 0 aliphatic heterocycles. The first-order valence-corrected chi connectivity index (χ1v) is 8.14. The average Bonchev–Trinajstić information content (AvgIpc) is 2.51. The van der Waals surface area contributed by atoms with Crippen molar-refractivity contribution in [1.29, 1.82) is 0 Å². The Morgan fingerprint density at radius 2 is 1.78 bits per heavy atom. The number of nitrogens with one attached hydrogen (secondary N) is 1. The summed E-state index contributed by atoms with van der Waals surface area (Å²) in [5.41, 5.74) is 0.204. The first-order chi connectivity index (χ1) is 10.9. The second-order valence-electron chi connectivity index (χ2n) is 4.48. The Labute approximate surface area is 132 Å². The van der Waals surface area contributed by atoms with Crippen LogP contribution in [0.25, 0.3) is 0 Å². The molecule has 0 saturated carbocycles. The van der Waals surface area contributed by atoms with Crippen LogP contribution < -0.4 is 14.2 Å². The fraction of sp³-hybridized carbons (Fsp3) is 0.200. The minimum atomic E-state index is -4.06. The average molecular weight is 343 g/mol. The highest BCUT2D eigenvalue weighted by atomic mass is 32.2. The summed E-state index contributed by atoms with van der Waals surface area (Å²) < 4.78 is 63.2. The second kappa shape index (κ2) is 6.82. The van der Waals surface area contributed by atoms with Crippen LogP contribution >= 0.6 is 0 Å². The van der Waals surface area contributed by atoms with E-state index in [9.17, 15) is 17.2 Å². The van der Waals surface area contributed by atoms with Gasteiger partial charge in [0.05, 0.1) is 24.3 Å². The molecule has 0 aromatic heterocycles. The third kappa shape index (κ3) is 3.89. The van der Waals surface area contributed by atoms with Crippen LogP contribution in [-0.2, 0) is 10.0 Å². The second-order valence-corrected chi connectivity index (χ2v) is 6.16. The lowest BCUT2D eigenvalue weighted by Crippen LogP contribution is -2.13. The van der Waals surface area contributed by atoms with Crippen LogP contribution in [0.15, 0.2) is 41.3 Å². The highest BCUT2D eigenvalue weighted by molar-refractivity contribution is 7.92. The summed E-state index contributed by atoms with van der Waals surface area (Å²) in [5.74, 6) is -1.55. The van der Waals surface area contributed by atoms with Gasteiger partial charge in [-0.05, 0) is 37.3 Å². The highest BCUT2D eigenvalue weighted by Crippen LogP contribution is 2.31. The van der Waals surface area contributed by atoms with E-state index in [0.29, 0.717) is 24.2 Å². The lowest BCUT2D eigenvalue weighted by Gasteiger charge is -2.12. The van der Waals surface area contributed by atoms with Crippen LogP contribution in [-0.4, -0.2) is 22.1 Å². The van der Waals surface area contributed by atoms with Crippen molar-refractivity contribution in [2.45, 2.75) is 11.8 Å². The zero-order valence-electron chi connectivity index (χ0n) is 12.5. The molecule has 0 bridgehead atoms. The molecule has 1 N–H and O–H groups in total. The Kier molecular flexibility index (Phi) is 5.05. The summed E-state index contributed by atoms with van der Waals surface area (Å²) in [6, 6.07) is 6.80. The van der Waals surface area contributed by atoms with Gasteiger partial charge in [0, 0.05) is 6.07 Å². The number of anilines is 1. The maximum atomic E-state index is 13.2. The minimum Gasteiger partial charge on any atom is -0.493 e. The van der Waals surface area contributed by atoms with Gasteiger partial charge in [-0.3, -0.25) is 4.72 Å². The number of benzene rings is 2. The van der Waals surface area contributed by atoms with Gasteiger partial charge in [0.15, 0.2) is 23.1 Å². The van der Waals surface area contributed by atoms with Crippen LogP contribution in [0.5, 0.6) is 11.5 Å². The van der Waals surface area contributed by atoms with Crippen LogP contribution in [0, 0.1) is 11.6 Å². The largest absolute Gasteiger partial charge is 0.493 e. The van der Waals surface area contributed by atoms with Gasteiger partial charge >= 0.3 is 0 Å². The summed E-state index contributed by atoms with van der Waals surface area (Å²) in [7, 11) is -2.63. The molecule has 2 rings (SSSR count). The molecule has 0 saturated heterocycles. The van der Waals surface area contributed by atoms with Gasteiger partial charge in [-0.2, -0.15) is 0 Å². The van der Waals surface area contributed by atoms with E-state index in [-0.39, 0.29) is 10.6 Å². The number of halogens is 2. The molecule has 0 spiro atoms. The normalized spacial score (nSPS) is 11.1. The molecule has 0 radical (unpaired) electrons. The first-order valence-electron chi connectivity index (χ1n) is 6.66. The van der Waals surface area contributed by atoms with Crippen molar-refractivity contribution < 1.29 is 26.7 Å². The number of ether oxygens (including phenoxy) is 2. The third-order valence-corrected chi connectivity index (χ3v) is 4.30. The lowest BCUT2D eigenvalue weighted by atomic mass is 10.3. The van der Waals surface area contributed by atoms with Crippen molar-refractivity contribution in [3.63, 3.8) is 0 Å². The van der Waals surface area contributed by atoms with Crippen molar-refractivity contribution in [3.8, 4) is 11.5 Å². The van der Waals surface area contributed by atoms with Gasteiger partial charge < -0.3 is 9.47 Å². The Balaban J connectivity index is 2.31. The number of rotatable bonds is 6. The van der Waals surface area contributed by atoms with E-state index in [4.69, 9.17) is 9.47 Å². The van der Waals surface area contributed by atoms with Gasteiger partial charge in [0.2, 0.25) is 0 Å². The summed E-state index contributed by atoms with van der Waals surface area (Å²) in [6.45, 7) is 2.23. The molecule has 0 atom stereocenters. The van der Waals surface area contributed by atoms with Crippen molar-refractivity contribution in [1.82, 2.24) is 0 Å². The van der Waals surface area contributed by atoms with E-state index in [1.807, 2.05) is 0 Å². The van der Waals surface area contributed by atoms with E-state index >= 15 is 0 Å². The predicted molar refractivity (Wildman–Crippen MR) is 81.3 cm³/mol. The molecule has 0 unspecified atom stereocenters. The van der Waals surface area contributed by atoms with Gasteiger partial charge in [0.1, 0.15) is 0 Å². The zero-order valence-corrected chi connectivity index (χ0v) is 13.3. The monoisotopic (exact) mass is 343 g/mol. The van der Waals surface area contributed by atoms with Gasteiger partial charge in [-0.1, -0.05) is 0 Å². The van der Waals surface area contributed by atoms with E-state index in [1.54, 1.807) is 13.0 Å². The standard InChI is InChI=1S/C15H15F2NO4S/c1-3-22-14-7-4-10(8-15(14)21-2)18-23(19,20)11-5-6-12(16)13(17)9-11/h4-9,18H,3H2,1-2H3. The summed E-state index contributed by atoms with van der Waals surface area (Å²) in [4.78, 5) is -0.385. The number of hydrogen-bond acceptors (Lipinski definition) is 4. The fourth-order valence-corrected chi connectivity index (χ4v) is 2.92. The van der Waals surface area contributed by atoms with Gasteiger partial charge in [-0.25, -0.2) is 17.2 Å². The van der Waals surface area contributed by atoms with Crippen molar-refractivity contribution >= 4 is 15.7 Å². The Morgan fingerprint density at radius 1 is 1.04 bits per heavy atom. The molecular formula is C15H15F2NO4S. The van der Waals surface area contributed by atoms with Crippen LogP contribution in [0.4, 0.5) is 14.5 Å². The molecule has 0 amide bonds. The lowest BCUT2D eigenvalue weighted by molar-refractivity contribution is 0.311. The Hall–Kier alpha value is -2.35. The number of hydrogen-bond donors (Lipinski definition) is 1.